The van der Waals surface area contributed by atoms with Crippen LogP contribution in [0.3, 0.4) is 0 Å². The summed E-state index contributed by atoms with van der Waals surface area (Å²) in [6, 6.07) is 13.2. The van der Waals surface area contributed by atoms with Gasteiger partial charge in [0.05, 0.1) is 0 Å². The lowest BCUT2D eigenvalue weighted by atomic mass is 10.1. The fraction of sp³-hybridized carbons (Fsp3) is 0.250. The van der Waals surface area contributed by atoms with Crippen molar-refractivity contribution in [3.8, 4) is 0 Å². The fourth-order valence-electron chi connectivity index (χ4n) is 2.79. The number of rotatable bonds is 5. The number of aryl methyl sites for hydroxylation is 1. The number of nitrogens with one attached hydrogen (secondary N) is 3. The van der Waals surface area contributed by atoms with E-state index in [-0.39, 0.29) is 29.8 Å². The summed E-state index contributed by atoms with van der Waals surface area (Å²) in [6.07, 6.45) is 2.73. The van der Waals surface area contributed by atoms with Crippen molar-refractivity contribution < 1.29 is 4.39 Å². The molecule has 0 amide bonds. The number of aromatic nitrogens is 1. The maximum absolute atomic E-state index is 13.4. The second-order valence-corrected chi connectivity index (χ2v) is 6.09. The zero-order chi connectivity index (χ0) is 17.6. The number of hydrogen-bond donors (Lipinski definition) is 3. The van der Waals surface area contributed by atoms with E-state index in [1.807, 2.05) is 6.20 Å². The molecule has 0 unspecified atom stereocenters. The van der Waals surface area contributed by atoms with Crippen LogP contribution in [0.15, 0.2) is 53.7 Å². The van der Waals surface area contributed by atoms with Gasteiger partial charge in [-0.1, -0.05) is 29.8 Å². The molecule has 1 aromatic heterocycles. The Morgan fingerprint density at radius 3 is 2.62 bits per heavy atom. The minimum Gasteiger partial charge on any atom is -0.361 e. The Balaban J connectivity index is 0.00000243. The zero-order valence-electron chi connectivity index (χ0n) is 15.0. The maximum atomic E-state index is 13.4. The van der Waals surface area contributed by atoms with E-state index in [9.17, 15) is 4.39 Å². The number of guanidine groups is 1. The third-order valence-corrected chi connectivity index (χ3v) is 4.22. The Labute approximate surface area is 170 Å². The monoisotopic (exact) mass is 466 g/mol. The summed E-state index contributed by atoms with van der Waals surface area (Å²) in [7, 11) is 1.76. The summed E-state index contributed by atoms with van der Waals surface area (Å²) in [4.78, 5) is 7.42. The van der Waals surface area contributed by atoms with Crippen molar-refractivity contribution in [3.63, 3.8) is 0 Å². The number of aliphatic imine (C=N–C) groups is 1. The molecule has 3 rings (SSSR count). The van der Waals surface area contributed by atoms with Crippen LogP contribution in [0.2, 0.25) is 0 Å². The SMILES string of the molecule is CN=C(NCCc1c[nH]c2ccc(F)cc12)NCc1ccc(C)cc1.I. The van der Waals surface area contributed by atoms with E-state index < -0.39 is 0 Å². The van der Waals surface area contributed by atoms with Gasteiger partial charge in [-0.15, -0.1) is 24.0 Å². The van der Waals surface area contributed by atoms with E-state index in [1.165, 1.54) is 17.2 Å². The standard InChI is InChI=1S/C20H23FN4.HI/c1-14-3-5-15(6-4-14)12-25-20(22-2)23-10-9-16-13-24-19-8-7-17(21)11-18(16)19;/h3-8,11,13,24H,9-10,12H2,1-2H3,(H2,22,23,25);1H. The molecule has 1 heterocycles. The first-order valence-corrected chi connectivity index (χ1v) is 8.41. The molecule has 0 saturated carbocycles. The molecule has 0 radical (unpaired) electrons. The van der Waals surface area contributed by atoms with Gasteiger partial charge in [0.2, 0.25) is 0 Å². The van der Waals surface area contributed by atoms with Gasteiger partial charge in [-0.3, -0.25) is 4.99 Å². The largest absolute Gasteiger partial charge is 0.361 e. The second-order valence-electron chi connectivity index (χ2n) is 6.09. The minimum absolute atomic E-state index is 0. The van der Waals surface area contributed by atoms with Crippen molar-refractivity contribution in [1.29, 1.82) is 0 Å². The van der Waals surface area contributed by atoms with E-state index in [0.717, 1.165) is 41.9 Å². The number of benzene rings is 2. The Morgan fingerprint density at radius 2 is 1.88 bits per heavy atom. The molecule has 0 saturated heterocycles. The lowest BCUT2D eigenvalue weighted by Gasteiger charge is -2.12. The smallest absolute Gasteiger partial charge is 0.191 e. The lowest BCUT2D eigenvalue weighted by molar-refractivity contribution is 0.629. The van der Waals surface area contributed by atoms with E-state index in [1.54, 1.807) is 19.2 Å². The van der Waals surface area contributed by atoms with Gasteiger partial charge in [0, 0.05) is 37.2 Å². The minimum atomic E-state index is -0.211. The van der Waals surface area contributed by atoms with E-state index in [4.69, 9.17) is 0 Å². The molecule has 6 heteroatoms. The molecule has 3 aromatic rings. The van der Waals surface area contributed by atoms with E-state index >= 15 is 0 Å². The normalized spacial score (nSPS) is 11.3. The Kier molecular flexibility index (Phi) is 7.44. The number of halogens is 2. The summed E-state index contributed by atoms with van der Waals surface area (Å²) >= 11 is 0. The number of fused-ring (bicyclic) bond motifs is 1. The number of H-pyrrole nitrogens is 1. The van der Waals surface area contributed by atoms with Gasteiger partial charge in [0.25, 0.3) is 0 Å². The van der Waals surface area contributed by atoms with Crippen LogP contribution in [-0.2, 0) is 13.0 Å². The van der Waals surface area contributed by atoms with E-state index in [0.29, 0.717) is 0 Å². The molecule has 4 nitrogen and oxygen atoms in total. The van der Waals surface area contributed by atoms with Gasteiger partial charge in [-0.2, -0.15) is 0 Å². The van der Waals surface area contributed by atoms with Gasteiger partial charge < -0.3 is 15.6 Å². The Bertz CT molecular complexity index is 871. The van der Waals surface area contributed by atoms with Crippen LogP contribution in [0.1, 0.15) is 16.7 Å². The number of hydrogen-bond acceptors (Lipinski definition) is 1. The fourth-order valence-corrected chi connectivity index (χ4v) is 2.79. The second kappa shape index (κ2) is 9.56. The van der Waals surface area contributed by atoms with Crippen LogP contribution in [0.4, 0.5) is 4.39 Å². The van der Waals surface area contributed by atoms with E-state index in [2.05, 4.69) is 51.8 Å². The van der Waals surface area contributed by atoms with Crippen LogP contribution in [-0.4, -0.2) is 24.5 Å². The summed E-state index contributed by atoms with van der Waals surface area (Å²) < 4.78 is 13.4. The van der Waals surface area contributed by atoms with Crippen molar-refractivity contribution in [2.75, 3.05) is 13.6 Å². The maximum Gasteiger partial charge on any atom is 0.191 e. The van der Waals surface area contributed by atoms with Crippen LogP contribution in [0, 0.1) is 12.7 Å². The summed E-state index contributed by atoms with van der Waals surface area (Å²) in [5, 5.41) is 7.54. The highest BCUT2D eigenvalue weighted by Crippen LogP contribution is 2.19. The Morgan fingerprint density at radius 1 is 1.12 bits per heavy atom. The third-order valence-electron chi connectivity index (χ3n) is 4.22. The average Bonchev–Trinajstić information content (AvgIpc) is 3.01. The summed E-state index contributed by atoms with van der Waals surface area (Å²) in [6.45, 7) is 3.52. The van der Waals surface area contributed by atoms with Crippen molar-refractivity contribution in [2.24, 2.45) is 4.99 Å². The van der Waals surface area contributed by atoms with Crippen molar-refractivity contribution >= 4 is 40.8 Å². The molecule has 0 aliphatic carbocycles. The molecular weight excluding hydrogens is 442 g/mol. The first kappa shape index (κ1) is 20.2. The quantitative estimate of drug-likeness (QED) is 0.301. The lowest BCUT2D eigenvalue weighted by Crippen LogP contribution is -2.37. The first-order valence-electron chi connectivity index (χ1n) is 8.41. The van der Waals surface area contributed by atoms with Crippen LogP contribution < -0.4 is 10.6 Å². The molecule has 3 N–H and O–H groups in total. The van der Waals surface area contributed by atoms with Gasteiger partial charge in [-0.05, 0) is 42.7 Å². The molecule has 0 aliphatic heterocycles. The highest BCUT2D eigenvalue weighted by Gasteiger charge is 2.05. The van der Waals surface area contributed by atoms with Crippen LogP contribution >= 0.6 is 24.0 Å². The predicted octanol–water partition coefficient (Wildman–Crippen LogP) is 4.14. The summed E-state index contributed by atoms with van der Waals surface area (Å²) in [5.41, 5.74) is 4.51. The highest BCUT2D eigenvalue weighted by molar-refractivity contribution is 14.0. The zero-order valence-corrected chi connectivity index (χ0v) is 17.3. The molecule has 0 spiro atoms. The molecule has 0 bridgehead atoms. The molecule has 0 fully saturated rings. The molecule has 0 aliphatic rings. The third kappa shape index (κ3) is 5.20. The number of nitrogens with zero attached hydrogens (tertiary/aromatic N) is 1. The summed E-state index contributed by atoms with van der Waals surface area (Å²) in [5.74, 6) is 0.545. The molecule has 26 heavy (non-hydrogen) atoms. The molecule has 138 valence electrons. The van der Waals surface area contributed by atoms with Crippen molar-refractivity contribution in [3.05, 3.63) is 71.2 Å². The van der Waals surface area contributed by atoms with Crippen LogP contribution in [0.25, 0.3) is 10.9 Å². The van der Waals surface area contributed by atoms with Gasteiger partial charge in [0.1, 0.15) is 5.82 Å². The highest BCUT2D eigenvalue weighted by atomic mass is 127. The molecule has 2 aromatic carbocycles. The van der Waals surface area contributed by atoms with Crippen LogP contribution in [0.5, 0.6) is 0 Å². The van der Waals surface area contributed by atoms with Gasteiger partial charge >= 0.3 is 0 Å². The van der Waals surface area contributed by atoms with Gasteiger partial charge in [-0.25, -0.2) is 4.39 Å². The Hall–Kier alpha value is -2.09. The topological polar surface area (TPSA) is 52.2 Å². The average molecular weight is 466 g/mol. The molecular formula is C20H24FIN4. The van der Waals surface area contributed by atoms with Gasteiger partial charge in [0.15, 0.2) is 5.96 Å². The van der Waals surface area contributed by atoms with Crippen molar-refractivity contribution in [2.45, 2.75) is 19.9 Å². The number of aromatic amines is 1. The molecule has 0 atom stereocenters. The predicted molar refractivity (Wildman–Crippen MR) is 117 cm³/mol. The van der Waals surface area contributed by atoms with Crippen molar-refractivity contribution in [1.82, 2.24) is 15.6 Å². The first-order chi connectivity index (χ1) is 12.2.